The third-order valence-electron chi connectivity index (χ3n) is 4.13. The van der Waals surface area contributed by atoms with E-state index in [1.54, 1.807) is 7.11 Å². The first-order chi connectivity index (χ1) is 10.7. The molecule has 0 bridgehead atoms. The van der Waals surface area contributed by atoms with Gasteiger partial charge < -0.3 is 24.8 Å². The Hall–Kier alpha value is -1.50. The molecule has 7 nitrogen and oxygen atoms in total. The van der Waals surface area contributed by atoms with Crippen molar-refractivity contribution < 1.29 is 23.8 Å². The number of nitrogens with one attached hydrogen (secondary N) is 2. The predicted molar refractivity (Wildman–Crippen MR) is 86.3 cm³/mol. The van der Waals surface area contributed by atoms with Gasteiger partial charge in [-0.25, -0.2) is 9.59 Å². The normalized spacial score (nSPS) is 26.2. The monoisotopic (exact) mass is 330 g/mol. The lowest BCUT2D eigenvalue weighted by Crippen LogP contribution is -2.50. The van der Waals surface area contributed by atoms with Gasteiger partial charge in [0.1, 0.15) is 6.61 Å². The Morgan fingerprint density at radius 2 is 1.78 bits per heavy atom. The second-order valence-electron chi connectivity index (χ2n) is 7.38. The number of alkyl carbamates (subject to hydrolysis) is 2. The predicted octanol–water partition coefficient (Wildman–Crippen LogP) is 2.30. The molecule has 0 saturated heterocycles. The number of methoxy groups -OCH3 is 2. The molecule has 0 aromatic rings. The maximum atomic E-state index is 11.8. The minimum atomic E-state index is -0.432. The number of carbonyl (C=O) groups excluding carboxylic acids is 2. The van der Waals surface area contributed by atoms with E-state index in [-0.39, 0.29) is 23.5 Å². The van der Waals surface area contributed by atoms with Crippen LogP contribution in [0.2, 0.25) is 0 Å². The molecule has 23 heavy (non-hydrogen) atoms. The second-order valence-corrected chi connectivity index (χ2v) is 7.38. The fraction of sp³-hybridized carbons (Fsp3) is 0.875. The molecular formula is C16H30N2O5. The number of rotatable bonds is 6. The van der Waals surface area contributed by atoms with Crippen molar-refractivity contribution in [2.75, 3.05) is 34.0 Å². The van der Waals surface area contributed by atoms with Gasteiger partial charge in [-0.05, 0) is 30.1 Å². The Balaban J connectivity index is 2.59. The third kappa shape index (κ3) is 7.07. The van der Waals surface area contributed by atoms with Crippen molar-refractivity contribution in [3.8, 4) is 0 Å². The van der Waals surface area contributed by atoms with Crippen molar-refractivity contribution in [3.63, 3.8) is 0 Å². The number of hydrogen-bond donors (Lipinski definition) is 2. The van der Waals surface area contributed by atoms with Gasteiger partial charge in [0.15, 0.2) is 0 Å². The van der Waals surface area contributed by atoms with Crippen LogP contribution in [-0.2, 0) is 14.2 Å². The number of hydrogen-bond acceptors (Lipinski definition) is 5. The first-order valence-corrected chi connectivity index (χ1v) is 7.94. The van der Waals surface area contributed by atoms with Crippen LogP contribution < -0.4 is 10.6 Å². The summed E-state index contributed by atoms with van der Waals surface area (Å²) in [6.07, 6.45) is 1.76. The SMILES string of the molecule is COCCOC(=O)NC1CC(C)(C)CC(C)(CNC(=O)OC)C1. The summed E-state index contributed by atoms with van der Waals surface area (Å²) in [5, 5.41) is 5.70. The van der Waals surface area contributed by atoms with Crippen LogP contribution >= 0.6 is 0 Å². The zero-order valence-electron chi connectivity index (χ0n) is 14.9. The summed E-state index contributed by atoms with van der Waals surface area (Å²) in [7, 11) is 2.91. The largest absolute Gasteiger partial charge is 0.453 e. The fourth-order valence-corrected chi connectivity index (χ4v) is 3.65. The van der Waals surface area contributed by atoms with Crippen LogP contribution in [0, 0.1) is 10.8 Å². The van der Waals surface area contributed by atoms with Gasteiger partial charge in [0.2, 0.25) is 0 Å². The van der Waals surface area contributed by atoms with Gasteiger partial charge in [-0.2, -0.15) is 0 Å². The van der Waals surface area contributed by atoms with Gasteiger partial charge in [-0.15, -0.1) is 0 Å². The lowest BCUT2D eigenvalue weighted by molar-refractivity contribution is 0.0586. The lowest BCUT2D eigenvalue weighted by atomic mass is 9.62. The Morgan fingerprint density at radius 3 is 2.39 bits per heavy atom. The standard InChI is InChI=1S/C16H30N2O5/c1-15(2)8-12(18-14(20)23-7-6-21-4)9-16(3,10-15)11-17-13(19)22-5/h12H,6-11H2,1-5H3,(H,17,19)(H,18,20). The van der Waals surface area contributed by atoms with Crippen molar-refractivity contribution in [1.82, 2.24) is 10.6 Å². The number of carbonyl (C=O) groups is 2. The summed E-state index contributed by atoms with van der Waals surface area (Å²) in [6, 6.07) is 0.0123. The van der Waals surface area contributed by atoms with E-state index in [4.69, 9.17) is 9.47 Å². The molecule has 0 heterocycles. The van der Waals surface area contributed by atoms with Crippen LogP contribution in [0.5, 0.6) is 0 Å². The molecule has 2 unspecified atom stereocenters. The lowest BCUT2D eigenvalue weighted by Gasteiger charge is -2.46. The summed E-state index contributed by atoms with van der Waals surface area (Å²) in [4.78, 5) is 23.2. The molecule has 2 amide bonds. The Bertz CT molecular complexity index is 413. The summed E-state index contributed by atoms with van der Waals surface area (Å²) in [6.45, 7) is 7.60. The highest BCUT2D eigenvalue weighted by Gasteiger charge is 2.42. The molecule has 0 spiro atoms. The van der Waals surface area contributed by atoms with Crippen LogP contribution in [-0.4, -0.2) is 52.2 Å². The average Bonchev–Trinajstić information content (AvgIpc) is 2.43. The van der Waals surface area contributed by atoms with E-state index >= 15 is 0 Å². The van der Waals surface area contributed by atoms with Crippen LogP contribution in [0.15, 0.2) is 0 Å². The molecule has 0 aliphatic heterocycles. The smallest absolute Gasteiger partial charge is 0.407 e. The van der Waals surface area contributed by atoms with E-state index < -0.39 is 12.2 Å². The molecule has 2 N–H and O–H groups in total. The van der Waals surface area contributed by atoms with Crippen LogP contribution in [0.4, 0.5) is 9.59 Å². The van der Waals surface area contributed by atoms with Crippen molar-refractivity contribution in [2.24, 2.45) is 10.8 Å². The van der Waals surface area contributed by atoms with Gasteiger partial charge in [0.05, 0.1) is 13.7 Å². The van der Waals surface area contributed by atoms with Crippen molar-refractivity contribution in [3.05, 3.63) is 0 Å². The maximum Gasteiger partial charge on any atom is 0.407 e. The zero-order valence-corrected chi connectivity index (χ0v) is 14.9. The van der Waals surface area contributed by atoms with E-state index in [1.165, 1.54) is 7.11 Å². The van der Waals surface area contributed by atoms with Crippen molar-refractivity contribution >= 4 is 12.2 Å². The molecule has 0 aromatic heterocycles. The Kier molecular flexibility index (Phi) is 7.12. The highest BCUT2D eigenvalue weighted by atomic mass is 16.6. The van der Waals surface area contributed by atoms with E-state index in [9.17, 15) is 9.59 Å². The van der Waals surface area contributed by atoms with Crippen LogP contribution in [0.25, 0.3) is 0 Å². The number of ether oxygens (including phenoxy) is 3. The summed E-state index contributed by atoms with van der Waals surface area (Å²) in [5.41, 5.74) is -0.0459. The maximum absolute atomic E-state index is 11.8. The second kappa shape index (κ2) is 8.38. The average molecular weight is 330 g/mol. The van der Waals surface area contributed by atoms with Gasteiger partial charge in [0, 0.05) is 19.7 Å². The summed E-state index contributed by atoms with van der Waals surface area (Å²) in [5.74, 6) is 0. The summed E-state index contributed by atoms with van der Waals surface area (Å²) >= 11 is 0. The topological polar surface area (TPSA) is 85.9 Å². The van der Waals surface area contributed by atoms with Gasteiger partial charge in [-0.1, -0.05) is 20.8 Å². The third-order valence-corrected chi connectivity index (χ3v) is 4.13. The molecule has 1 aliphatic rings. The molecule has 1 fully saturated rings. The summed E-state index contributed by atoms with van der Waals surface area (Å²) < 4.78 is 14.6. The molecular weight excluding hydrogens is 300 g/mol. The molecule has 0 radical (unpaired) electrons. The van der Waals surface area contributed by atoms with E-state index in [2.05, 4.69) is 36.1 Å². The van der Waals surface area contributed by atoms with Gasteiger partial charge >= 0.3 is 12.2 Å². The molecule has 1 rings (SSSR count). The Labute approximate surface area is 138 Å². The van der Waals surface area contributed by atoms with E-state index in [0.717, 1.165) is 19.3 Å². The van der Waals surface area contributed by atoms with Gasteiger partial charge in [0.25, 0.3) is 0 Å². The first kappa shape index (κ1) is 19.5. The van der Waals surface area contributed by atoms with Crippen molar-refractivity contribution in [2.45, 2.75) is 46.1 Å². The molecule has 1 saturated carbocycles. The Morgan fingerprint density at radius 1 is 1.09 bits per heavy atom. The van der Waals surface area contributed by atoms with Gasteiger partial charge in [-0.3, -0.25) is 0 Å². The zero-order chi connectivity index (χ0) is 17.5. The van der Waals surface area contributed by atoms with Crippen molar-refractivity contribution in [1.29, 1.82) is 0 Å². The first-order valence-electron chi connectivity index (χ1n) is 7.94. The number of amides is 2. The molecule has 7 heteroatoms. The molecule has 134 valence electrons. The van der Waals surface area contributed by atoms with Crippen LogP contribution in [0.3, 0.4) is 0 Å². The molecule has 1 aliphatic carbocycles. The molecule has 2 atom stereocenters. The fourth-order valence-electron chi connectivity index (χ4n) is 3.65. The highest BCUT2D eigenvalue weighted by molar-refractivity contribution is 5.67. The van der Waals surface area contributed by atoms with Crippen LogP contribution in [0.1, 0.15) is 40.0 Å². The molecule has 0 aromatic carbocycles. The minimum Gasteiger partial charge on any atom is -0.453 e. The quantitative estimate of drug-likeness (QED) is 0.730. The highest BCUT2D eigenvalue weighted by Crippen LogP contribution is 2.45. The minimum absolute atomic E-state index is 0.0123. The van der Waals surface area contributed by atoms with E-state index in [1.807, 2.05) is 0 Å². The van der Waals surface area contributed by atoms with E-state index in [0.29, 0.717) is 13.2 Å².